The van der Waals surface area contributed by atoms with Crippen molar-refractivity contribution in [2.24, 2.45) is 5.10 Å². The molecule has 152 valence electrons. The van der Waals surface area contributed by atoms with Crippen LogP contribution >= 0.6 is 15.9 Å². The number of halogens is 1. The monoisotopic (exact) mass is 467 g/mol. The number of nitro groups is 1. The Balaban J connectivity index is 1.56. The van der Waals surface area contributed by atoms with E-state index in [4.69, 9.17) is 4.74 Å². The second kappa shape index (κ2) is 9.80. The van der Waals surface area contributed by atoms with Crippen molar-refractivity contribution in [1.82, 2.24) is 5.43 Å². The topological polar surface area (TPSA) is 93.8 Å². The average molecular weight is 468 g/mol. The zero-order chi connectivity index (χ0) is 21.5. The van der Waals surface area contributed by atoms with Crippen LogP contribution in [0.15, 0.2) is 82.4 Å². The second-order valence-corrected chi connectivity index (χ2v) is 7.30. The first-order valence-electron chi connectivity index (χ1n) is 8.99. The Labute approximate surface area is 181 Å². The SMILES string of the molecule is C/C(=N/NC(=O)c1ccc(OCc2ccc(Br)cc2)cc1)c1ccc([N+](=O)[O-])cc1. The van der Waals surface area contributed by atoms with Gasteiger partial charge < -0.3 is 4.74 Å². The van der Waals surface area contributed by atoms with Crippen molar-refractivity contribution >= 4 is 33.2 Å². The molecule has 0 aliphatic rings. The number of nitrogens with zero attached hydrogens (tertiary/aromatic N) is 2. The lowest BCUT2D eigenvalue weighted by atomic mass is 10.1. The second-order valence-electron chi connectivity index (χ2n) is 6.38. The van der Waals surface area contributed by atoms with E-state index in [0.29, 0.717) is 29.2 Å². The first-order valence-corrected chi connectivity index (χ1v) is 9.78. The molecular weight excluding hydrogens is 450 g/mol. The van der Waals surface area contributed by atoms with Gasteiger partial charge in [0, 0.05) is 22.2 Å². The third-order valence-corrected chi connectivity index (χ3v) is 4.78. The number of amides is 1. The Morgan fingerprint density at radius 2 is 1.60 bits per heavy atom. The van der Waals surface area contributed by atoms with Gasteiger partial charge in [-0.25, -0.2) is 5.43 Å². The van der Waals surface area contributed by atoms with E-state index in [2.05, 4.69) is 26.5 Å². The van der Waals surface area contributed by atoms with Crippen molar-refractivity contribution in [3.05, 3.63) is 104 Å². The van der Waals surface area contributed by atoms with Gasteiger partial charge in [-0.2, -0.15) is 5.10 Å². The summed E-state index contributed by atoms with van der Waals surface area (Å²) in [5, 5.41) is 14.8. The van der Waals surface area contributed by atoms with Crippen LogP contribution in [0.3, 0.4) is 0 Å². The highest BCUT2D eigenvalue weighted by atomic mass is 79.9. The standard InChI is InChI=1S/C22H18BrN3O4/c1-15(17-4-10-20(11-5-17)26(28)29)24-25-22(27)18-6-12-21(13-7-18)30-14-16-2-8-19(23)9-3-16/h2-13H,14H2,1H3,(H,25,27)/b24-15-. The molecule has 3 aromatic rings. The smallest absolute Gasteiger partial charge is 0.271 e. The molecule has 0 bridgehead atoms. The molecule has 1 amide bonds. The van der Waals surface area contributed by atoms with Gasteiger partial charge in [0.25, 0.3) is 11.6 Å². The molecule has 0 heterocycles. The average Bonchev–Trinajstić information content (AvgIpc) is 2.77. The van der Waals surface area contributed by atoms with E-state index >= 15 is 0 Å². The lowest BCUT2D eigenvalue weighted by Gasteiger charge is -2.07. The summed E-state index contributed by atoms with van der Waals surface area (Å²) in [6, 6.07) is 20.5. The molecule has 7 nitrogen and oxygen atoms in total. The molecule has 0 radical (unpaired) electrons. The van der Waals surface area contributed by atoms with Gasteiger partial charge in [0.05, 0.1) is 10.6 Å². The van der Waals surface area contributed by atoms with Crippen LogP contribution < -0.4 is 10.2 Å². The summed E-state index contributed by atoms with van der Waals surface area (Å²) >= 11 is 3.39. The molecule has 0 atom stereocenters. The van der Waals surface area contributed by atoms with Gasteiger partial charge in [-0.05, 0) is 66.6 Å². The zero-order valence-corrected chi connectivity index (χ0v) is 17.6. The van der Waals surface area contributed by atoms with Crippen molar-refractivity contribution in [2.75, 3.05) is 0 Å². The van der Waals surface area contributed by atoms with E-state index in [0.717, 1.165) is 10.0 Å². The molecule has 1 N–H and O–H groups in total. The number of carbonyl (C=O) groups excluding carboxylic acids is 1. The Bertz CT molecular complexity index is 1060. The Hall–Kier alpha value is -3.52. The summed E-state index contributed by atoms with van der Waals surface area (Å²) in [6.45, 7) is 2.14. The first-order chi connectivity index (χ1) is 14.4. The normalized spacial score (nSPS) is 11.1. The zero-order valence-electron chi connectivity index (χ0n) is 16.0. The third-order valence-electron chi connectivity index (χ3n) is 4.26. The van der Waals surface area contributed by atoms with Gasteiger partial charge in [-0.3, -0.25) is 14.9 Å². The Kier molecular flexibility index (Phi) is 6.92. The number of nitrogens with one attached hydrogen (secondary N) is 1. The Morgan fingerprint density at radius 3 is 2.20 bits per heavy atom. The van der Waals surface area contributed by atoms with Crippen LogP contribution in [0.1, 0.15) is 28.4 Å². The molecule has 0 aliphatic heterocycles. The molecule has 0 saturated heterocycles. The van der Waals surface area contributed by atoms with Gasteiger partial charge in [-0.15, -0.1) is 0 Å². The van der Waals surface area contributed by atoms with Crippen molar-refractivity contribution in [2.45, 2.75) is 13.5 Å². The van der Waals surface area contributed by atoms with E-state index in [9.17, 15) is 14.9 Å². The number of benzene rings is 3. The molecule has 30 heavy (non-hydrogen) atoms. The van der Waals surface area contributed by atoms with Crippen LogP contribution in [0.25, 0.3) is 0 Å². The third kappa shape index (κ3) is 5.74. The number of carbonyl (C=O) groups is 1. The summed E-state index contributed by atoms with van der Waals surface area (Å²) < 4.78 is 6.73. The summed E-state index contributed by atoms with van der Waals surface area (Å²) in [6.07, 6.45) is 0. The first kappa shape index (κ1) is 21.2. The number of non-ortho nitro benzene ring substituents is 1. The van der Waals surface area contributed by atoms with E-state index in [1.165, 1.54) is 12.1 Å². The highest BCUT2D eigenvalue weighted by Gasteiger charge is 2.08. The van der Waals surface area contributed by atoms with Crippen LogP contribution in [0.5, 0.6) is 5.75 Å². The molecule has 0 aliphatic carbocycles. The lowest BCUT2D eigenvalue weighted by Crippen LogP contribution is -2.19. The molecule has 0 unspecified atom stereocenters. The molecule has 0 saturated carbocycles. The van der Waals surface area contributed by atoms with Crippen molar-refractivity contribution in [1.29, 1.82) is 0 Å². The number of hydrogen-bond donors (Lipinski definition) is 1. The van der Waals surface area contributed by atoms with Gasteiger partial charge in [0.15, 0.2) is 0 Å². The fraction of sp³-hybridized carbons (Fsp3) is 0.0909. The molecular formula is C22H18BrN3O4. The largest absolute Gasteiger partial charge is 0.489 e. The molecule has 8 heteroatoms. The minimum Gasteiger partial charge on any atom is -0.489 e. The quantitative estimate of drug-likeness (QED) is 0.297. The number of ether oxygens (including phenoxy) is 1. The minimum atomic E-state index is -0.468. The van der Waals surface area contributed by atoms with Crippen molar-refractivity contribution in [3.8, 4) is 5.75 Å². The van der Waals surface area contributed by atoms with Gasteiger partial charge in [0.2, 0.25) is 0 Å². The predicted octanol–water partition coefficient (Wildman–Crippen LogP) is 5.09. The fourth-order valence-electron chi connectivity index (χ4n) is 2.54. The molecule has 0 spiro atoms. The highest BCUT2D eigenvalue weighted by Crippen LogP contribution is 2.16. The van der Waals surface area contributed by atoms with Crippen LogP contribution in [0, 0.1) is 10.1 Å². The van der Waals surface area contributed by atoms with Gasteiger partial charge >= 0.3 is 0 Å². The van der Waals surface area contributed by atoms with Gasteiger partial charge in [-0.1, -0.05) is 28.1 Å². The number of hydrazone groups is 1. The van der Waals surface area contributed by atoms with E-state index in [-0.39, 0.29) is 11.6 Å². The number of rotatable bonds is 7. The summed E-state index contributed by atoms with van der Waals surface area (Å²) in [4.78, 5) is 22.5. The van der Waals surface area contributed by atoms with Crippen LogP contribution in [0.2, 0.25) is 0 Å². The molecule has 0 fully saturated rings. The summed E-state index contributed by atoms with van der Waals surface area (Å²) in [5.41, 5.74) is 5.17. The van der Waals surface area contributed by atoms with E-state index in [1.54, 1.807) is 43.3 Å². The highest BCUT2D eigenvalue weighted by molar-refractivity contribution is 9.10. The minimum absolute atomic E-state index is 0.00183. The Morgan fingerprint density at radius 1 is 1.00 bits per heavy atom. The van der Waals surface area contributed by atoms with E-state index in [1.807, 2.05) is 24.3 Å². The van der Waals surface area contributed by atoms with Crippen LogP contribution in [-0.2, 0) is 6.61 Å². The number of hydrogen-bond acceptors (Lipinski definition) is 5. The maximum absolute atomic E-state index is 12.3. The van der Waals surface area contributed by atoms with Crippen LogP contribution in [0.4, 0.5) is 5.69 Å². The molecule has 0 aromatic heterocycles. The number of nitro benzene ring substituents is 1. The van der Waals surface area contributed by atoms with Crippen molar-refractivity contribution in [3.63, 3.8) is 0 Å². The molecule has 3 aromatic carbocycles. The predicted molar refractivity (Wildman–Crippen MR) is 118 cm³/mol. The lowest BCUT2D eigenvalue weighted by molar-refractivity contribution is -0.384. The van der Waals surface area contributed by atoms with E-state index < -0.39 is 4.92 Å². The fourth-order valence-corrected chi connectivity index (χ4v) is 2.80. The summed E-state index contributed by atoms with van der Waals surface area (Å²) in [7, 11) is 0. The van der Waals surface area contributed by atoms with Crippen LogP contribution in [-0.4, -0.2) is 16.5 Å². The maximum Gasteiger partial charge on any atom is 0.271 e. The summed E-state index contributed by atoms with van der Waals surface area (Å²) in [5.74, 6) is 0.288. The van der Waals surface area contributed by atoms with Gasteiger partial charge in [0.1, 0.15) is 12.4 Å². The van der Waals surface area contributed by atoms with Crippen molar-refractivity contribution < 1.29 is 14.5 Å². The maximum atomic E-state index is 12.3. The molecule has 3 rings (SSSR count).